The number of nitrogens with zero attached hydrogens (tertiary/aromatic N) is 4. The highest BCUT2D eigenvalue weighted by molar-refractivity contribution is 7.99. The molecule has 0 aliphatic heterocycles. The van der Waals surface area contributed by atoms with E-state index in [1.165, 1.54) is 11.8 Å². The van der Waals surface area contributed by atoms with Crippen molar-refractivity contribution in [3.63, 3.8) is 0 Å². The highest BCUT2D eigenvalue weighted by Gasteiger charge is 2.13. The predicted molar refractivity (Wildman–Crippen MR) is 81.9 cm³/mol. The third-order valence-corrected chi connectivity index (χ3v) is 3.90. The smallest absolute Gasteiger partial charge is 0.231 e. The zero-order valence-electron chi connectivity index (χ0n) is 12.4. The largest absolute Gasteiger partial charge is 0.347 e. The molecule has 0 radical (unpaired) electrons. The minimum Gasteiger partial charge on any atom is -0.347 e. The van der Waals surface area contributed by atoms with Gasteiger partial charge in [0.25, 0.3) is 0 Å². The minimum atomic E-state index is -0.109. The predicted octanol–water partition coefficient (Wildman–Crippen LogP) is 2.22. The Hall–Kier alpha value is -1.89. The van der Waals surface area contributed by atoms with E-state index in [1.807, 2.05) is 29.7 Å². The van der Waals surface area contributed by atoms with E-state index in [4.69, 9.17) is 0 Å². The molecule has 6 nitrogen and oxygen atoms in total. The average molecular weight is 305 g/mol. The lowest BCUT2D eigenvalue weighted by molar-refractivity contribution is -0.119. The van der Waals surface area contributed by atoms with Crippen LogP contribution < -0.4 is 5.32 Å². The van der Waals surface area contributed by atoms with Crippen LogP contribution in [0.25, 0.3) is 0 Å². The number of carbonyl (C=O) groups excluding carboxylic acids is 1. The van der Waals surface area contributed by atoms with Crippen LogP contribution in [-0.4, -0.2) is 31.4 Å². The van der Waals surface area contributed by atoms with Crippen molar-refractivity contribution in [1.82, 2.24) is 25.1 Å². The summed E-state index contributed by atoms with van der Waals surface area (Å²) in [6.07, 6.45) is 3.40. The second kappa shape index (κ2) is 7.21. The van der Waals surface area contributed by atoms with E-state index in [1.54, 1.807) is 12.5 Å². The van der Waals surface area contributed by atoms with Crippen LogP contribution in [0, 0.1) is 0 Å². The molecule has 0 aromatic carbocycles. The second-order valence-electron chi connectivity index (χ2n) is 4.95. The first-order chi connectivity index (χ1) is 10.1. The molecule has 0 saturated heterocycles. The first-order valence-electron chi connectivity index (χ1n) is 6.80. The van der Waals surface area contributed by atoms with Gasteiger partial charge in [-0.15, -0.1) is 10.2 Å². The van der Waals surface area contributed by atoms with Crippen LogP contribution in [0.4, 0.5) is 0 Å². The van der Waals surface area contributed by atoms with Gasteiger partial charge in [-0.3, -0.25) is 9.78 Å². The number of aromatic nitrogens is 4. The molecule has 1 N–H and O–H groups in total. The molecule has 2 rings (SSSR count). The standard InChI is InChI=1S/C14H19N5OS/c1-10(2)19-9-16-18-14(19)21-8-13(20)17-11(3)12-6-4-5-7-15-12/h4-7,9-11H,8H2,1-3H3,(H,17,20). The minimum absolute atomic E-state index is 0.0449. The molecule has 2 aromatic heterocycles. The Balaban J connectivity index is 1.86. The lowest BCUT2D eigenvalue weighted by atomic mass is 10.2. The van der Waals surface area contributed by atoms with Crippen molar-refractivity contribution < 1.29 is 4.79 Å². The summed E-state index contributed by atoms with van der Waals surface area (Å²) >= 11 is 1.38. The van der Waals surface area contributed by atoms with Crippen molar-refractivity contribution in [3.8, 4) is 0 Å². The number of hydrogen-bond acceptors (Lipinski definition) is 5. The van der Waals surface area contributed by atoms with Gasteiger partial charge < -0.3 is 9.88 Å². The molecule has 1 amide bonds. The Bertz CT molecular complexity index is 584. The number of carbonyl (C=O) groups is 1. The van der Waals surface area contributed by atoms with Crippen LogP contribution in [0.1, 0.15) is 38.5 Å². The molecular weight excluding hydrogens is 286 g/mol. The molecule has 0 fully saturated rings. The number of hydrogen-bond donors (Lipinski definition) is 1. The number of rotatable bonds is 6. The fraction of sp³-hybridized carbons (Fsp3) is 0.429. The van der Waals surface area contributed by atoms with E-state index in [-0.39, 0.29) is 18.0 Å². The number of pyridine rings is 1. The Kier molecular flexibility index (Phi) is 5.32. The number of amides is 1. The summed E-state index contributed by atoms with van der Waals surface area (Å²) in [6, 6.07) is 5.82. The van der Waals surface area contributed by atoms with Gasteiger partial charge in [0.2, 0.25) is 5.91 Å². The molecule has 1 unspecified atom stereocenters. The fourth-order valence-corrected chi connectivity index (χ4v) is 2.66. The topological polar surface area (TPSA) is 72.7 Å². The molecule has 1 atom stereocenters. The molecule has 0 aliphatic rings. The van der Waals surface area contributed by atoms with Crippen molar-refractivity contribution in [2.45, 2.75) is 38.0 Å². The zero-order valence-corrected chi connectivity index (χ0v) is 13.2. The average Bonchev–Trinajstić information content (AvgIpc) is 2.94. The maximum atomic E-state index is 12.0. The zero-order chi connectivity index (χ0) is 15.2. The van der Waals surface area contributed by atoms with Crippen molar-refractivity contribution in [3.05, 3.63) is 36.4 Å². The number of nitrogens with one attached hydrogen (secondary N) is 1. The highest BCUT2D eigenvalue weighted by atomic mass is 32.2. The molecule has 2 aromatic rings. The summed E-state index contributed by atoms with van der Waals surface area (Å²) in [5, 5.41) is 11.6. The molecule has 2 heterocycles. The Morgan fingerprint density at radius 3 is 2.86 bits per heavy atom. The van der Waals surface area contributed by atoms with Crippen LogP contribution in [0.5, 0.6) is 0 Å². The van der Waals surface area contributed by atoms with E-state index in [9.17, 15) is 4.79 Å². The van der Waals surface area contributed by atoms with Gasteiger partial charge in [-0.2, -0.15) is 0 Å². The van der Waals surface area contributed by atoms with E-state index >= 15 is 0 Å². The second-order valence-corrected chi connectivity index (χ2v) is 5.89. The summed E-state index contributed by atoms with van der Waals surface area (Å²) in [6.45, 7) is 6.02. The van der Waals surface area contributed by atoms with Gasteiger partial charge in [-0.1, -0.05) is 17.8 Å². The summed E-state index contributed by atoms with van der Waals surface area (Å²) in [7, 11) is 0. The summed E-state index contributed by atoms with van der Waals surface area (Å²) < 4.78 is 1.94. The number of thioether (sulfide) groups is 1. The van der Waals surface area contributed by atoms with Crippen LogP contribution >= 0.6 is 11.8 Å². The maximum Gasteiger partial charge on any atom is 0.231 e. The molecule has 0 bridgehead atoms. The van der Waals surface area contributed by atoms with Crippen molar-refractivity contribution >= 4 is 17.7 Å². The lowest BCUT2D eigenvalue weighted by Gasteiger charge is -2.13. The van der Waals surface area contributed by atoms with E-state index < -0.39 is 0 Å². The van der Waals surface area contributed by atoms with Crippen LogP contribution in [0.2, 0.25) is 0 Å². The monoisotopic (exact) mass is 305 g/mol. The first-order valence-corrected chi connectivity index (χ1v) is 7.79. The van der Waals surface area contributed by atoms with Crippen molar-refractivity contribution in [2.24, 2.45) is 0 Å². The van der Waals surface area contributed by atoms with Gasteiger partial charge in [0.05, 0.1) is 17.5 Å². The van der Waals surface area contributed by atoms with Crippen molar-refractivity contribution in [1.29, 1.82) is 0 Å². The molecular formula is C14H19N5OS. The van der Waals surface area contributed by atoms with Gasteiger partial charge in [-0.25, -0.2) is 0 Å². The third-order valence-electron chi connectivity index (χ3n) is 2.94. The molecule has 7 heteroatoms. The van der Waals surface area contributed by atoms with Gasteiger partial charge in [0.1, 0.15) is 6.33 Å². The lowest BCUT2D eigenvalue weighted by Crippen LogP contribution is -2.28. The van der Waals surface area contributed by atoms with Crippen LogP contribution in [0.3, 0.4) is 0 Å². The van der Waals surface area contributed by atoms with E-state index in [0.717, 1.165) is 10.9 Å². The highest BCUT2D eigenvalue weighted by Crippen LogP contribution is 2.18. The first kappa shape index (κ1) is 15.5. The summed E-state index contributed by atoms with van der Waals surface area (Å²) in [5.41, 5.74) is 0.848. The molecule has 0 aliphatic carbocycles. The van der Waals surface area contributed by atoms with E-state index in [0.29, 0.717) is 5.75 Å². The van der Waals surface area contributed by atoms with E-state index in [2.05, 4.69) is 34.3 Å². The Labute approximate surface area is 128 Å². The quantitative estimate of drug-likeness (QED) is 0.829. The normalized spacial score (nSPS) is 12.4. The SMILES string of the molecule is CC(NC(=O)CSc1nncn1C(C)C)c1ccccn1. The van der Waals surface area contributed by atoms with Gasteiger partial charge in [0, 0.05) is 12.2 Å². The Morgan fingerprint density at radius 1 is 1.38 bits per heavy atom. The molecule has 21 heavy (non-hydrogen) atoms. The van der Waals surface area contributed by atoms with Crippen molar-refractivity contribution in [2.75, 3.05) is 5.75 Å². The molecule has 0 saturated carbocycles. The molecule has 112 valence electrons. The Morgan fingerprint density at radius 2 is 2.19 bits per heavy atom. The van der Waals surface area contributed by atoms with Crippen LogP contribution in [0.15, 0.2) is 35.9 Å². The van der Waals surface area contributed by atoms with Crippen LogP contribution in [-0.2, 0) is 4.79 Å². The third kappa shape index (κ3) is 4.29. The summed E-state index contributed by atoms with van der Waals surface area (Å²) in [4.78, 5) is 16.2. The van der Waals surface area contributed by atoms with Gasteiger partial charge in [0.15, 0.2) is 5.16 Å². The van der Waals surface area contributed by atoms with Gasteiger partial charge in [-0.05, 0) is 32.9 Å². The molecule has 0 spiro atoms. The van der Waals surface area contributed by atoms with Gasteiger partial charge >= 0.3 is 0 Å². The maximum absolute atomic E-state index is 12.0. The summed E-state index contributed by atoms with van der Waals surface area (Å²) in [5.74, 6) is 0.263. The fourth-order valence-electron chi connectivity index (χ4n) is 1.81.